The lowest BCUT2D eigenvalue weighted by Crippen LogP contribution is -2.43. The molecule has 4 N–H and O–H groups in total. The van der Waals surface area contributed by atoms with Crippen LogP contribution in [-0.4, -0.2) is 38.7 Å². The molecule has 4 rings (SSSR count). The van der Waals surface area contributed by atoms with E-state index >= 15 is 0 Å². The number of aromatic nitrogens is 2. The molecule has 0 unspecified atom stereocenters. The Hall–Kier alpha value is -4.18. The molecule has 2 aromatic carbocycles. The number of carboxylic acid groups (broad SMARTS) is 1. The van der Waals surface area contributed by atoms with Crippen LogP contribution in [0.5, 0.6) is 0 Å². The Kier molecular flexibility index (Phi) is 8.19. The fourth-order valence-electron chi connectivity index (χ4n) is 4.46. The van der Waals surface area contributed by atoms with E-state index in [4.69, 9.17) is 11.6 Å². The first-order valence-electron chi connectivity index (χ1n) is 11.9. The molecule has 1 aromatic heterocycles. The second kappa shape index (κ2) is 11.7. The third kappa shape index (κ3) is 6.34. The largest absolute Gasteiger partial charge is 0.464 e. The standard InChI is InChI=1S/C26H26ClN5O5/c27-19-13-11-17(12-14-19)22-21(20(33)15-16-7-3-1-4-8-16)23(32(30-22)31-26(36)37)25(35)29-28-24(34)18-9-5-2-6-10-18/h2,5-6,9-14,16,31H,1,3-4,7-8,15H2,(H,28,34)(H,29,35)(H,36,37). The number of hydrogen-bond acceptors (Lipinski definition) is 5. The van der Waals surface area contributed by atoms with Crippen LogP contribution in [0.3, 0.4) is 0 Å². The highest BCUT2D eigenvalue weighted by molar-refractivity contribution is 6.30. The second-order valence-electron chi connectivity index (χ2n) is 8.81. The summed E-state index contributed by atoms with van der Waals surface area (Å²) >= 11 is 6.02. The van der Waals surface area contributed by atoms with Gasteiger partial charge in [0.1, 0.15) is 5.69 Å². The predicted molar refractivity (Wildman–Crippen MR) is 137 cm³/mol. The van der Waals surface area contributed by atoms with Crippen LogP contribution in [0.4, 0.5) is 4.79 Å². The van der Waals surface area contributed by atoms with Crippen LogP contribution in [0.15, 0.2) is 54.6 Å². The lowest BCUT2D eigenvalue weighted by atomic mass is 9.84. The summed E-state index contributed by atoms with van der Waals surface area (Å²) in [6.45, 7) is 0. The molecule has 10 nitrogen and oxygen atoms in total. The van der Waals surface area contributed by atoms with Gasteiger partial charge >= 0.3 is 6.09 Å². The first kappa shape index (κ1) is 25.9. The van der Waals surface area contributed by atoms with Gasteiger partial charge in [-0.05, 0) is 30.2 Å². The molecule has 3 aromatic rings. The Balaban J connectivity index is 1.72. The maximum Gasteiger partial charge on any atom is 0.425 e. The van der Waals surface area contributed by atoms with Crippen molar-refractivity contribution < 1.29 is 24.3 Å². The van der Waals surface area contributed by atoms with Gasteiger partial charge in [-0.15, -0.1) is 0 Å². The van der Waals surface area contributed by atoms with Gasteiger partial charge in [0.15, 0.2) is 11.5 Å². The molecule has 11 heteroatoms. The average molecular weight is 524 g/mol. The summed E-state index contributed by atoms with van der Waals surface area (Å²) in [5, 5.41) is 14.1. The number of carbonyl (C=O) groups excluding carboxylic acids is 3. The highest BCUT2D eigenvalue weighted by Crippen LogP contribution is 2.32. The zero-order chi connectivity index (χ0) is 26.4. The number of Topliss-reactive ketones (excluding diaryl/α,β-unsaturated/α-hetero) is 1. The van der Waals surface area contributed by atoms with Crippen molar-refractivity contribution in [3.05, 3.63) is 76.4 Å². The number of halogens is 1. The second-order valence-corrected chi connectivity index (χ2v) is 9.25. The molecule has 0 radical (unpaired) electrons. The summed E-state index contributed by atoms with van der Waals surface area (Å²) in [5.74, 6) is -1.67. The molecule has 192 valence electrons. The Morgan fingerprint density at radius 2 is 1.57 bits per heavy atom. The molecule has 1 heterocycles. The van der Waals surface area contributed by atoms with Crippen molar-refractivity contribution in [2.24, 2.45) is 5.92 Å². The third-order valence-corrected chi connectivity index (χ3v) is 6.47. The minimum atomic E-state index is -1.49. The van der Waals surface area contributed by atoms with E-state index in [1.807, 2.05) is 5.43 Å². The van der Waals surface area contributed by atoms with Crippen LogP contribution < -0.4 is 16.3 Å². The molecule has 37 heavy (non-hydrogen) atoms. The van der Waals surface area contributed by atoms with Gasteiger partial charge in [-0.25, -0.2) is 10.2 Å². The minimum absolute atomic E-state index is 0.0342. The van der Waals surface area contributed by atoms with Gasteiger partial charge < -0.3 is 5.11 Å². The lowest BCUT2D eigenvalue weighted by molar-refractivity contribution is 0.0837. The maximum absolute atomic E-state index is 13.6. The summed E-state index contributed by atoms with van der Waals surface area (Å²) in [6, 6.07) is 14.7. The molecule has 3 amide bonds. The van der Waals surface area contributed by atoms with Crippen LogP contribution in [0.25, 0.3) is 11.3 Å². The van der Waals surface area contributed by atoms with Gasteiger partial charge in [-0.1, -0.05) is 74.0 Å². The lowest BCUT2D eigenvalue weighted by Gasteiger charge is -2.21. The number of nitrogens with one attached hydrogen (secondary N) is 3. The fraction of sp³-hybridized carbons (Fsp3) is 0.269. The summed E-state index contributed by atoms with van der Waals surface area (Å²) in [6.07, 6.45) is 3.68. The molecular formula is C26H26ClN5O5. The molecule has 0 aliphatic heterocycles. The summed E-state index contributed by atoms with van der Waals surface area (Å²) in [5.41, 5.74) is 7.16. The Labute approximate surface area is 217 Å². The minimum Gasteiger partial charge on any atom is -0.464 e. The smallest absolute Gasteiger partial charge is 0.425 e. The number of hydrazine groups is 1. The molecular weight excluding hydrogens is 498 g/mol. The van der Waals surface area contributed by atoms with Gasteiger partial charge in [0.2, 0.25) is 0 Å². The van der Waals surface area contributed by atoms with Crippen molar-refractivity contribution in [2.45, 2.75) is 38.5 Å². The van der Waals surface area contributed by atoms with Crippen LogP contribution in [0.1, 0.15) is 69.7 Å². The third-order valence-electron chi connectivity index (χ3n) is 6.22. The monoisotopic (exact) mass is 523 g/mol. The molecule has 1 aliphatic carbocycles. The first-order chi connectivity index (χ1) is 17.8. The quantitative estimate of drug-likeness (QED) is 0.262. The van der Waals surface area contributed by atoms with Gasteiger partial charge in [0.25, 0.3) is 11.8 Å². The van der Waals surface area contributed by atoms with Crippen molar-refractivity contribution in [2.75, 3.05) is 5.43 Å². The molecule has 1 fully saturated rings. The normalized spacial score (nSPS) is 13.5. The van der Waals surface area contributed by atoms with Gasteiger partial charge in [-0.3, -0.25) is 25.2 Å². The summed E-state index contributed by atoms with van der Waals surface area (Å²) < 4.78 is 0. The first-order valence-corrected chi connectivity index (χ1v) is 12.3. The molecule has 0 saturated heterocycles. The average Bonchev–Trinajstić information content (AvgIpc) is 3.27. The van der Waals surface area contributed by atoms with Crippen molar-refractivity contribution in [1.29, 1.82) is 0 Å². The van der Waals surface area contributed by atoms with Crippen LogP contribution in [0, 0.1) is 5.92 Å². The topological polar surface area (TPSA) is 142 Å². The zero-order valence-corrected chi connectivity index (χ0v) is 20.6. The molecule has 0 spiro atoms. The van der Waals surface area contributed by atoms with Crippen molar-refractivity contribution >= 4 is 35.3 Å². The van der Waals surface area contributed by atoms with E-state index < -0.39 is 17.9 Å². The van der Waals surface area contributed by atoms with Gasteiger partial charge in [-0.2, -0.15) is 9.89 Å². The molecule has 1 saturated carbocycles. The number of carbonyl (C=O) groups is 4. The van der Waals surface area contributed by atoms with E-state index in [0.717, 1.165) is 36.9 Å². The van der Waals surface area contributed by atoms with E-state index in [9.17, 15) is 24.3 Å². The number of rotatable bonds is 7. The van der Waals surface area contributed by atoms with Crippen molar-refractivity contribution in [1.82, 2.24) is 20.7 Å². The van der Waals surface area contributed by atoms with E-state index in [1.165, 1.54) is 0 Å². The Morgan fingerprint density at radius 1 is 0.919 bits per heavy atom. The van der Waals surface area contributed by atoms with E-state index in [0.29, 0.717) is 16.1 Å². The number of benzene rings is 2. The number of nitrogens with zero attached hydrogens (tertiary/aromatic N) is 2. The maximum atomic E-state index is 13.6. The highest BCUT2D eigenvalue weighted by atomic mass is 35.5. The van der Waals surface area contributed by atoms with Crippen LogP contribution in [-0.2, 0) is 0 Å². The number of ketones is 1. The van der Waals surface area contributed by atoms with E-state index in [2.05, 4.69) is 16.0 Å². The van der Waals surface area contributed by atoms with E-state index in [-0.39, 0.29) is 35.1 Å². The Morgan fingerprint density at radius 3 is 2.22 bits per heavy atom. The number of hydrogen-bond donors (Lipinski definition) is 4. The van der Waals surface area contributed by atoms with Gasteiger partial charge in [0, 0.05) is 22.6 Å². The molecule has 1 aliphatic rings. The summed E-state index contributed by atoms with van der Waals surface area (Å²) in [4.78, 5) is 51.6. The van der Waals surface area contributed by atoms with E-state index in [1.54, 1.807) is 54.6 Å². The predicted octanol–water partition coefficient (Wildman–Crippen LogP) is 4.65. The molecule has 0 bridgehead atoms. The van der Waals surface area contributed by atoms with Gasteiger partial charge in [0.05, 0.1) is 5.56 Å². The molecule has 0 atom stereocenters. The number of amides is 3. The van der Waals surface area contributed by atoms with Crippen molar-refractivity contribution in [3.63, 3.8) is 0 Å². The van der Waals surface area contributed by atoms with Crippen LogP contribution >= 0.6 is 11.6 Å². The Bertz CT molecular complexity index is 1300. The fourth-order valence-corrected chi connectivity index (χ4v) is 4.59. The SMILES string of the molecule is O=C(O)Nn1nc(-c2ccc(Cl)cc2)c(C(=O)CC2CCCCC2)c1C(=O)NNC(=O)c1ccccc1. The zero-order valence-electron chi connectivity index (χ0n) is 19.9. The van der Waals surface area contributed by atoms with Crippen molar-refractivity contribution in [3.8, 4) is 11.3 Å². The summed E-state index contributed by atoms with van der Waals surface area (Å²) in [7, 11) is 0. The highest BCUT2D eigenvalue weighted by Gasteiger charge is 2.32. The van der Waals surface area contributed by atoms with Crippen LogP contribution in [0.2, 0.25) is 5.02 Å².